The van der Waals surface area contributed by atoms with Crippen molar-refractivity contribution in [2.45, 2.75) is 0 Å². The molecule has 0 aromatic heterocycles. The van der Waals surface area contributed by atoms with E-state index in [4.69, 9.17) is 4.74 Å². The molecule has 0 aliphatic heterocycles. The van der Waals surface area contributed by atoms with Gasteiger partial charge in [0.1, 0.15) is 5.75 Å². The molecular formula is C20H16N2O2. The van der Waals surface area contributed by atoms with Gasteiger partial charge >= 0.3 is 0 Å². The monoisotopic (exact) mass is 316 g/mol. The van der Waals surface area contributed by atoms with E-state index in [1.807, 2.05) is 42.5 Å². The van der Waals surface area contributed by atoms with E-state index in [-0.39, 0.29) is 5.78 Å². The van der Waals surface area contributed by atoms with E-state index in [0.29, 0.717) is 22.6 Å². The normalized spacial score (nSPS) is 10.7. The number of ketones is 1. The second-order valence-corrected chi connectivity index (χ2v) is 5.11. The number of nitrogens with zero attached hydrogens (tertiary/aromatic N) is 2. The lowest BCUT2D eigenvalue weighted by Crippen LogP contribution is -2.01. The summed E-state index contributed by atoms with van der Waals surface area (Å²) in [6.07, 6.45) is 0. The van der Waals surface area contributed by atoms with Gasteiger partial charge in [0.05, 0.1) is 24.0 Å². The first-order valence-corrected chi connectivity index (χ1v) is 7.52. The van der Waals surface area contributed by atoms with Crippen LogP contribution in [-0.2, 0) is 0 Å². The fraction of sp³-hybridized carbons (Fsp3) is 0.0500. The summed E-state index contributed by atoms with van der Waals surface area (Å²) in [5.41, 5.74) is 2.33. The zero-order valence-electron chi connectivity index (χ0n) is 13.2. The first-order valence-electron chi connectivity index (χ1n) is 7.52. The van der Waals surface area contributed by atoms with Gasteiger partial charge in [-0.25, -0.2) is 0 Å². The minimum atomic E-state index is -0.114. The zero-order chi connectivity index (χ0) is 16.8. The van der Waals surface area contributed by atoms with Crippen molar-refractivity contribution in [2.24, 2.45) is 10.2 Å². The fourth-order valence-electron chi connectivity index (χ4n) is 2.28. The lowest BCUT2D eigenvalue weighted by molar-refractivity contribution is 0.103. The van der Waals surface area contributed by atoms with Crippen LogP contribution in [0.2, 0.25) is 0 Å². The Morgan fingerprint density at radius 1 is 0.833 bits per heavy atom. The maximum absolute atomic E-state index is 12.8. The number of carbonyl (C=O) groups is 1. The molecule has 0 aliphatic rings. The van der Waals surface area contributed by atoms with Crippen LogP contribution in [0.25, 0.3) is 0 Å². The van der Waals surface area contributed by atoms with Crippen molar-refractivity contribution in [3.8, 4) is 5.75 Å². The maximum atomic E-state index is 12.8. The van der Waals surface area contributed by atoms with Crippen molar-refractivity contribution < 1.29 is 9.53 Å². The highest BCUT2D eigenvalue weighted by Crippen LogP contribution is 2.25. The van der Waals surface area contributed by atoms with Crippen LogP contribution in [0.1, 0.15) is 15.9 Å². The van der Waals surface area contributed by atoms with Crippen molar-refractivity contribution >= 4 is 17.2 Å². The molecule has 4 heteroatoms. The average Bonchev–Trinajstić information content (AvgIpc) is 2.67. The smallest absolute Gasteiger partial charge is 0.195 e. The molecule has 3 rings (SSSR count). The molecule has 0 saturated heterocycles. The van der Waals surface area contributed by atoms with Crippen molar-refractivity contribution in [1.82, 2.24) is 0 Å². The van der Waals surface area contributed by atoms with Gasteiger partial charge in [0.25, 0.3) is 0 Å². The number of carbonyl (C=O) groups excluding carboxylic acids is 1. The van der Waals surface area contributed by atoms with E-state index in [1.165, 1.54) is 0 Å². The van der Waals surface area contributed by atoms with Gasteiger partial charge in [-0.2, -0.15) is 5.11 Å². The SMILES string of the molecule is COc1cccc(C(=O)c2ccccc2N=Nc2ccccc2)c1. The van der Waals surface area contributed by atoms with E-state index >= 15 is 0 Å². The van der Waals surface area contributed by atoms with E-state index in [1.54, 1.807) is 43.5 Å². The van der Waals surface area contributed by atoms with Crippen LogP contribution in [0, 0.1) is 0 Å². The average molecular weight is 316 g/mol. The Bertz CT molecular complexity index is 874. The fourth-order valence-corrected chi connectivity index (χ4v) is 2.28. The Hall–Kier alpha value is -3.27. The van der Waals surface area contributed by atoms with Gasteiger partial charge in [0, 0.05) is 5.56 Å². The van der Waals surface area contributed by atoms with Crippen LogP contribution in [0.4, 0.5) is 11.4 Å². The summed E-state index contributed by atoms with van der Waals surface area (Å²) < 4.78 is 5.18. The standard InChI is InChI=1S/C20H16N2O2/c1-24-17-11-7-8-15(14-17)20(23)18-12-5-6-13-19(18)22-21-16-9-3-2-4-10-16/h2-14H,1H3. The first kappa shape index (κ1) is 15.6. The quantitative estimate of drug-likeness (QED) is 0.471. The molecule has 24 heavy (non-hydrogen) atoms. The van der Waals surface area contributed by atoms with E-state index < -0.39 is 0 Å². The van der Waals surface area contributed by atoms with Crippen molar-refractivity contribution in [3.63, 3.8) is 0 Å². The summed E-state index contributed by atoms with van der Waals surface area (Å²) in [5, 5.41) is 8.43. The third-order valence-corrected chi connectivity index (χ3v) is 3.51. The molecule has 0 N–H and O–H groups in total. The van der Waals surface area contributed by atoms with Crippen LogP contribution in [-0.4, -0.2) is 12.9 Å². The summed E-state index contributed by atoms with van der Waals surface area (Å²) >= 11 is 0. The number of hydrogen-bond donors (Lipinski definition) is 0. The second kappa shape index (κ2) is 7.33. The molecular weight excluding hydrogens is 300 g/mol. The molecule has 0 radical (unpaired) electrons. The van der Waals surface area contributed by atoms with Gasteiger partial charge in [-0.15, -0.1) is 5.11 Å². The van der Waals surface area contributed by atoms with Gasteiger partial charge in [0.15, 0.2) is 5.78 Å². The Labute approximate surface area is 140 Å². The molecule has 0 heterocycles. The van der Waals surface area contributed by atoms with Gasteiger partial charge in [-0.1, -0.05) is 42.5 Å². The minimum absolute atomic E-state index is 0.114. The Morgan fingerprint density at radius 3 is 2.38 bits per heavy atom. The summed E-state index contributed by atoms with van der Waals surface area (Å²) in [5.74, 6) is 0.528. The van der Waals surface area contributed by atoms with Crippen molar-refractivity contribution in [1.29, 1.82) is 0 Å². The van der Waals surface area contributed by atoms with E-state index in [0.717, 1.165) is 5.69 Å². The van der Waals surface area contributed by atoms with Crippen LogP contribution in [0.5, 0.6) is 5.75 Å². The molecule has 0 saturated carbocycles. The topological polar surface area (TPSA) is 51.0 Å². The molecule has 0 bridgehead atoms. The summed E-state index contributed by atoms with van der Waals surface area (Å²) in [4.78, 5) is 12.8. The lowest BCUT2D eigenvalue weighted by Gasteiger charge is -2.06. The third-order valence-electron chi connectivity index (χ3n) is 3.51. The molecule has 0 aliphatic carbocycles. The first-order chi connectivity index (χ1) is 11.8. The Morgan fingerprint density at radius 2 is 1.58 bits per heavy atom. The van der Waals surface area contributed by atoms with Crippen LogP contribution < -0.4 is 4.74 Å². The lowest BCUT2D eigenvalue weighted by atomic mass is 10.0. The van der Waals surface area contributed by atoms with Crippen LogP contribution in [0.3, 0.4) is 0 Å². The van der Waals surface area contributed by atoms with Crippen molar-refractivity contribution in [3.05, 3.63) is 90.0 Å². The highest BCUT2D eigenvalue weighted by Gasteiger charge is 2.13. The third kappa shape index (κ3) is 3.55. The predicted octanol–water partition coefficient (Wildman–Crippen LogP) is 5.34. The Balaban J connectivity index is 1.94. The summed E-state index contributed by atoms with van der Waals surface area (Å²) in [7, 11) is 1.58. The zero-order valence-corrected chi connectivity index (χ0v) is 13.2. The molecule has 118 valence electrons. The van der Waals surface area contributed by atoms with Crippen molar-refractivity contribution in [2.75, 3.05) is 7.11 Å². The summed E-state index contributed by atoms with van der Waals surface area (Å²) in [6.45, 7) is 0. The highest BCUT2D eigenvalue weighted by atomic mass is 16.5. The van der Waals surface area contributed by atoms with Gasteiger partial charge in [-0.05, 0) is 36.4 Å². The number of methoxy groups -OCH3 is 1. The number of rotatable bonds is 5. The minimum Gasteiger partial charge on any atom is -0.497 e. The van der Waals surface area contributed by atoms with Crippen LogP contribution in [0.15, 0.2) is 89.1 Å². The van der Waals surface area contributed by atoms with Gasteiger partial charge in [-0.3, -0.25) is 4.79 Å². The molecule has 4 nitrogen and oxygen atoms in total. The number of benzene rings is 3. The van der Waals surface area contributed by atoms with Gasteiger partial charge < -0.3 is 4.74 Å². The Kier molecular flexibility index (Phi) is 4.77. The molecule has 3 aromatic rings. The summed E-state index contributed by atoms with van der Waals surface area (Å²) in [6, 6.07) is 23.7. The van der Waals surface area contributed by atoms with Gasteiger partial charge in [0.2, 0.25) is 0 Å². The largest absolute Gasteiger partial charge is 0.497 e. The van der Waals surface area contributed by atoms with Crippen LogP contribution >= 0.6 is 0 Å². The maximum Gasteiger partial charge on any atom is 0.195 e. The number of hydrogen-bond acceptors (Lipinski definition) is 4. The van der Waals surface area contributed by atoms with E-state index in [2.05, 4.69) is 10.2 Å². The molecule has 0 atom stereocenters. The predicted molar refractivity (Wildman–Crippen MR) is 93.5 cm³/mol. The number of azo groups is 1. The molecule has 0 spiro atoms. The van der Waals surface area contributed by atoms with E-state index in [9.17, 15) is 4.79 Å². The second-order valence-electron chi connectivity index (χ2n) is 5.11. The highest BCUT2D eigenvalue weighted by molar-refractivity contribution is 6.12. The molecule has 0 fully saturated rings. The molecule has 0 unspecified atom stereocenters. The number of ether oxygens (including phenoxy) is 1. The molecule has 3 aromatic carbocycles. The molecule has 0 amide bonds.